The molecule has 0 bridgehead atoms. The maximum Gasteiger partial charge on any atom is 0.407 e. The number of carbonyl (C=O) groups is 2. The van der Waals surface area contributed by atoms with E-state index in [1.807, 2.05) is 0 Å². The Labute approximate surface area is 95.4 Å². The molecule has 5 heteroatoms. The average molecular weight is 229 g/mol. The second kappa shape index (κ2) is 5.72. The predicted molar refractivity (Wildman–Crippen MR) is 58.1 cm³/mol. The van der Waals surface area contributed by atoms with Crippen LogP contribution in [-0.4, -0.2) is 41.8 Å². The number of hydrogen-bond acceptors (Lipinski definition) is 3. The van der Waals surface area contributed by atoms with Crippen LogP contribution in [-0.2, 0) is 9.53 Å². The zero-order valence-corrected chi connectivity index (χ0v) is 9.81. The van der Waals surface area contributed by atoms with Crippen molar-refractivity contribution in [3.63, 3.8) is 0 Å². The Morgan fingerprint density at radius 3 is 2.75 bits per heavy atom. The molecule has 0 aromatic heterocycles. The minimum atomic E-state index is -0.889. The molecule has 1 atom stereocenters. The number of carboxylic acid groups (broad SMARTS) is 1. The van der Waals surface area contributed by atoms with Crippen molar-refractivity contribution in [3.05, 3.63) is 0 Å². The van der Waals surface area contributed by atoms with Gasteiger partial charge in [0.15, 0.2) is 0 Å². The van der Waals surface area contributed by atoms with Crippen LogP contribution < -0.4 is 0 Å². The quantitative estimate of drug-likeness (QED) is 0.746. The monoisotopic (exact) mass is 229 g/mol. The molecule has 1 N–H and O–H groups in total. The maximum absolute atomic E-state index is 11.2. The summed E-state index contributed by atoms with van der Waals surface area (Å²) in [5.74, 6) is -0.195. The zero-order chi connectivity index (χ0) is 12.1. The Hall–Kier alpha value is -1.26. The first-order valence-corrected chi connectivity index (χ1v) is 5.65. The summed E-state index contributed by atoms with van der Waals surface area (Å²) in [6, 6.07) is 0. The summed E-state index contributed by atoms with van der Waals surface area (Å²) in [4.78, 5) is 23.4. The van der Waals surface area contributed by atoms with E-state index in [-0.39, 0.29) is 17.8 Å². The third-order valence-corrected chi connectivity index (χ3v) is 2.72. The fourth-order valence-electron chi connectivity index (χ4n) is 1.74. The summed E-state index contributed by atoms with van der Waals surface area (Å²) in [5.41, 5.74) is 0. The van der Waals surface area contributed by atoms with Crippen LogP contribution in [0.25, 0.3) is 0 Å². The zero-order valence-electron chi connectivity index (χ0n) is 9.81. The lowest BCUT2D eigenvalue weighted by molar-refractivity contribution is -0.149. The second-order valence-electron chi connectivity index (χ2n) is 4.52. The van der Waals surface area contributed by atoms with Gasteiger partial charge in [0.25, 0.3) is 0 Å². The molecule has 92 valence electrons. The molecule has 1 unspecified atom stereocenters. The van der Waals surface area contributed by atoms with Crippen LogP contribution in [0, 0.1) is 11.8 Å². The van der Waals surface area contributed by atoms with Gasteiger partial charge in [0, 0.05) is 19.0 Å². The highest BCUT2D eigenvalue weighted by Gasteiger charge is 2.24. The van der Waals surface area contributed by atoms with Gasteiger partial charge in [0.1, 0.15) is 0 Å². The first-order valence-electron chi connectivity index (χ1n) is 5.65. The van der Waals surface area contributed by atoms with E-state index in [1.54, 1.807) is 13.8 Å². The van der Waals surface area contributed by atoms with E-state index < -0.39 is 6.09 Å². The Balaban J connectivity index is 2.32. The van der Waals surface area contributed by atoms with Crippen molar-refractivity contribution >= 4 is 12.1 Å². The third kappa shape index (κ3) is 3.72. The Morgan fingerprint density at radius 2 is 2.19 bits per heavy atom. The highest BCUT2D eigenvalue weighted by Crippen LogP contribution is 2.17. The van der Waals surface area contributed by atoms with E-state index >= 15 is 0 Å². The van der Waals surface area contributed by atoms with Gasteiger partial charge in [0.2, 0.25) is 0 Å². The van der Waals surface area contributed by atoms with Gasteiger partial charge >= 0.3 is 12.1 Å². The van der Waals surface area contributed by atoms with Gasteiger partial charge in [-0.1, -0.05) is 13.8 Å². The summed E-state index contributed by atoms with van der Waals surface area (Å²) in [6.07, 6.45) is 0.880. The van der Waals surface area contributed by atoms with Crippen LogP contribution in [0.4, 0.5) is 4.79 Å². The molecule has 1 saturated heterocycles. The van der Waals surface area contributed by atoms with Crippen molar-refractivity contribution in [1.82, 2.24) is 4.90 Å². The van der Waals surface area contributed by atoms with Gasteiger partial charge < -0.3 is 14.7 Å². The molecule has 1 amide bonds. The van der Waals surface area contributed by atoms with E-state index in [0.717, 1.165) is 12.8 Å². The smallest absolute Gasteiger partial charge is 0.407 e. The summed E-state index contributed by atoms with van der Waals surface area (Å²) in [5, 5.41) is 8.84. The highest BCUT2D eigenvalue weighted by molar-refractivity contribution is 5.71. The SMILES string of the molecule is CC(C)C(=O)OCC1CCCN(C(=O)O)C1. The Morgan fingerprint density at radius 1 is 1.50 bits per heavy atom. The van der Waals surface area contributed by atoms with Crippen molar-refractivity contribution in [2.75, 3.05) is 19.7 Å². The molecule has 0 spiro atoms. The second-order valence-corrected chi connectivity index (χ2v) is 4.52. The molecule has 0 aromatic carbocycles. The van der Waals surface area contributed by atoms with Crippen LogP contribution in [0.2, 0.25) is 0 Å². The van der Waals surface area contributed by atoms with Crippen LogP contribution in [0.3, 0.4) is 0 Å². The van der Waals surface area contributed by atoms with Gasteiger partial charge in [-0.2, -0.15) is 0 Å². The molecule has 5 nitrogen and oxygen atoms in total. The third-order valence-electron chi connectivity index (χ3n) is 2.72. The lowest BCUT2D eigenvalue weighted by Crippen LogP contribution is -2.40. The van der Waals surface area contributed by atoms with Gasteiger partial charge in [-0.15, -0.1) is 0 Å². The van der Waals surface area contributed by atoms with Crippen LogP contribution in [0.15, 0.2) is 0 Å². The number of nitrogens with zero attached hydrogens (tertiary/aromatic N) is 1. The molecular formula is C11H19NO4. The molecule has 0 radical (unpaired) electrons. The lowest BCUT2D eigenvalue weighted by atomic mass is 9.99. The maximum atomic E-state index is 11.2. The molecule has 0 aromatic rings. The van der Waals surface area contributed by atoms with Crippen molar-refractivity contribution in [3.8, 4) is 0 Å². The molecule has 0 aliphatic carbocycles. The summed E-state index contributed by atoms with van der Waals surface area (Å²) < 4.78 is 5.11. The normalized spacial score (nSPS) is 20.9. The van der Waals surface area contributed by atoms with E-state index in [9.17, 15) is 9.59 Å². The summed E-state index contributed by atoms with van der Waals surface area (Å²) >= 11 is 0. The predicted octanol–water partition coefficient (Wildman–Crippen LogP) is 1.58. The first kappa shape index (κ1) is 12.8. The standard InChI is InChI=1S/C11H19NO4/c1-8(2)10(13)16-7-9-4-3-5-12(6-9)11(14)15/h8-9H,3-7H2,1-2H3,(H,14,15). The number of esters is 1. The van der Waals surface area contributed by atoms with Gasteiger partial charge in [-0.05, 0) is 12.8 Å². The fourth-order valence-corrected chi connectivity index (χ4v) is 1.74. The van der Waals surface area contributed by atoms with E-state index in [0.29, 0.717) is 19.7 Å². The number of ether oxygens (including phenoxy) is 1. The van der Waals surface area contributed by atoms with E-state index in [4.69, 9.17) is 9.84 Å². The molecule has 1 fully saturated rings. The Bertz CT molecular complexity index is 265. The van der Waals surface area contributed by atoms with Crippen LogP contribution >= 0.6 is 0 Å². The number of hydrogen-bond donors (Lipinski definition) is 1. The average Bonchev–Trinajstić information content (AvgIpc) is 2.26. The molecule has 16 heavy (non-hydrogen) atoms. The van der Waals surface area contributed by atoms with Crippen molar-refractivity contribution in [1.29, 1.82) is 0 Å². The highest BCUT2D eigenvalue weighted by atomic mass is 16.5. The van der Waals surface area contributed by atoms with Crippen molar-refractivity contribution in [2.24, 2.45) is 11.8 Å². The van der Waals surface area contributed by atoms with Crippen LogP contribution in [0.5, 0.6) is 0 Å². The summed E-state index contributed by atoms with van der Waals surface area (Å²) in [7, 11) is 0. The van der Waals surface area contributed by atoms with E-state index in [2.05, 4.69) is 0 Å². The molecule has 0 saturated carbocycles. The van der Waals surface area contributed by atoms with Gasteiger partial charge in [-0.3, -0.25) is 4.79 Å². The van der Waals surface area contributed by atoms with Crippen LogP contribution in [0.1, 0.15) is 26.7 Å². The topological polar surface area (TPSA) is 66.8 Å². The minimum Gasteiger partial charge on any atom is -0.465 e. The molecule has 1 aliphatic rings. The van der Waals surface area contributed by atoms with Crippen molar-refractivity contribution in [2.45, 2.75) is 26.7 Å². The van der Waals surface area contributed by atoms with Gasteiger partial charge in [-0.25, -0.2) is 4.79 Å². The number of rotatable bonds is 3. The number of likely N-dealkylation sites (tertiary alicyclic amines) is 1. The number of carbonyl (C=O) groups excluding carboxylic acids is 1. The number of piperidine rings is 1. The summed E-state index contributed by atoms with van der Waals surface area (Å²) in [6.45, 7) is 4.96. The Kier molecular flexibility index (Phi) is 4.58. The fraction of sp³-hybridized carbons (Fsp3) is 0.818. The first-order chi connectivity index (χ1) is 7.50. The number of amides is 1. The van der Waals surface area contributed by atoms with E-state index in [1.165, 1.54) is 4.90 Å². The van der Waals surface area contributed by atoms with Gasteiger partial charge in [0.05, 0.1) is 12.5 Å². The molecule has 1 aliphatic heterocycles. The van der Waals surface area contributed by atoms with Crippen molar-refractivity contribution < 1.29 is 19.4 Å². The largest absolute Gasteiger partial charge is 0.465 e. The lowest BCUT2D eigenvalue weighted by Gasteiger charge is -2.30. The minimum absolute atomic E-state index is 0.126. The molecule has 1 heterocycles. The molecule has 1 rings (SSSR count). The molecular weight excluding hydrogens is 210 g/mol.